The van der Waals surface area contributed by atoms with Crippen LogP contribution in [0.5, 0.6) is 0 Å². The minimum Gasteiger partial charge on any atom is -0.459 e. The van der Waals surface area contributed by atoms with Crippen LogP contribution in [-0.4, -0.2) is 24.9 Å². The van der Waals surface area contributed by atoms with E-state index in [1.807, 2.05) is 6.92 Å². The Kier molecular flexibility index (Phi) is 4.43. The average Bonchev–Trinajstić information content (AvgIpc) is 3.01. The first-order chi connectivity index (χ1) is 11.1. The van der Waals surface area contributed by atoms with E-state index in [0.717, 1.165) is 13.1 Å². The zero-order valence-corrected chi connectivity index (χ0v) is 12.8. The lowest BCUT2D eigenvalue weighted by atomic mass is 9.88. The number of carbonyl (C=O) groups is 2. The number of amides is 2. The average molecular weight is 313 g/mol. The predicted octanol–water partition coefficient (Wildman–Crippen LogP) is 2.33. The van der Waals surface area contributed by atoms with Crippen LogP contribution >= 0.6 is 0 Å². The van der Waals surface area contributed by atoms with Crippen molar-refractivity contribution in [3.8, 4) is 0 Å². The molecule has 0 aliphatic carbocycles. The lowest BCUT2D eigenvalue weighted by Crippen LogP contribution is -2.48. The second kappa shape index (κ2) is 6.66. The molecule has 1 fully saturated rings. The Hall–Kier alpha value is -2.60. The van der Waals surface area contributed by atoms with E-state index in [4.69, 9.17) is 4.42 Å². The third-order valence-electron chi connectivity index (χ3n) is 4.09. The molecule has 2 heterocycles. The Morgan fingerprint density at radius 2 is 1.78 bits per heavy atom. The van der Waals surface area contributed by atoms with Gasteiger partial charge in [0.15, 0.2) is 5.76 Å². The molecule has 3 rings (SSSR count). The fourth-order valence-electron chi connectivity index (χ4n) is 2.37. The summed E-state index contributed by atoms with van der Waals surface area (Å²) in [5.41, 5.74) is 1.35. The van der Waals surface area contributed by atoms with E-state index < -0.39 is 0 Å². The van der Waals surface area contributed by atoms with Crippen molar-refractivity contribution in [2.24, 2.45) is 11.8 Å². The minimum atomic E-state index is -0.308. The van der Waals surface area contributed by atoms with Gasteiger partial charge in [0, 0.05) is 17.3 Å². The van der Waals surface area contributed by atoms with Crippen LogP contribution in [0.4, 0.5) is 11.4 Å². The lowest BCUT2D eigenvalue weighted by Gasteiger charge is -2.31. The van der Waals surface area contributed by atoms with Gasteiger partial charge in [-0.2, -0.15) is 0 Å². The van der Waals surface area contributed by atoms with Gasteiger partial charge in [-0.25, -0.2) is 0 Å². The maximum atomic E-state index is 12.1. The molecule has 0 spiro atoms. The second-order valence-electron chi connectivity index (χ2n) is 5.71. The summed E-state index contributed by atoms with van der Waals surface area (Å²) in [6.45, 7) is 3.73. The van der Waals surface area contributed by atoms with Crippen LogP contribution in [0.2, 0.25) is 0 Å². The highest BCUT2D eigenvalue weighted by atomic mass is 16.3. The molecule has 1 unspecified atom stereocenters. The third-order valence-corrected chi connectivity index (χ3v) is 4.09. The maximum Gasteiger partial charge on any atom is 0.291 e. The van der Waals surface area contributed by atoms with E-state index in [-0.39, 0.29) is 23.5 Å². The van der Waals surface area contributed by atoms with Crippen molar-refractivity contribution < 1.29 is 14.0 Å². The van der Waals surface area contributed by atoms with Gasteiger partial charge in [0.1, 0.15) is 0 Å². The molecule has 1 aliphatic heterocycles. The fraction of sp³-hybridized carbons (Fsp3) is 0.294. The summed E-state index contributed by atoms with van der Waals surface area (Å²) in [4.78, 5) is 24.0. The Morgan fingerprint density at radius 3 is 2.30 bits per heavy atom. The van der Waals surface area contributed by atoms with Crippen molar-refractivity contribution >= 4 is 23.2 Å². The van der Waals surface area contributed by atoms with Crippen molar-refractivity contribution in [2.45, 2.75) is 6.92 Å². The molecule has 120 valence electrons. The fourth-order valence-corrected chi connectivity index (χ4v) is 2.37. The third kappa shape index (κ3) is 3.60. The summed E-state index contributed by atoms with van der Waals surface area (Å²) in [6.07, 6.45) is 1.45. The van der Waals surface area contributed by atoms with E-state index in [1.165, 1.54) is 6.26 Å². The van der Waals surface area contributed by atoms with Gasteiger partial charge in [-0.15, -0.1) is 0 Å². The van der Waals surface area contributed by atoms with Gasteiger partial charge in [-0.1, -0.05) is 6.92 Å². The summed E-state index contributed by atoms with van der Waals surface area (Å²) in [6, 6.07) is 10.3. The monoisotopic (exact) mass is 313 g/mol. The molecule has 0 radical (unpaired) electrons. The Bertz CT molecular complexity index is 676. The van der Waals surface area contributed by atoms with Crippen molar-refractivity contribution in [3.63, 3.8) is 0 Å². The van der Waals surface area contributed by atoms with Gasteiger partial charge >= 0.3 is 0 Å². The van der Waals surface area contributed by atoms with E-state index >= 15 is 0 Å². The van der Waals surface area contributed by atoms with E-state index in [1.54, 1.807) is 36.4 Å². The first-order valence-electron chi connectivity index (χ1n) is 7.60. The number of carbonyl (C=O) groups excluding carboxylic acids is 2. The van der Waals surface area contributed by atoms with E-state index in [2.05, 4.69) is 16.0 Å². The van der Waals surface area contributed by atoms with Crippen LogP contribution in [0.25, 0.3) is 0 Å². The zero-order chi connectivity index (χ0) is 16.2. The molecular formula is C17H19N3O3. The molecule has 6 nitrogen and oxygen atoms in total. The number of nitrogens with one attached hydrogen (secondary N) is 3. The van der Waals surface area contributed by atoms with Crippen molar-refractivity contribution in [2.75, 3.05) is 23.7 Å². The molecule has 3 N–H and O–H groups in total. The molecule has 0 bridgehead atoms. The normalized spacial score (nSPS) is 15.5. The maximum absolute atomic E-state index is 12.1. The number of rotatable bonds is 5. The van der Waals surface area contributed by atoms with Crippen LogP contribution in [-0.2, 0) is 4.79 Å². The summed E-state index contributed by atoms with van der Waals surface area (Å²) in [7, 11) is 0. The molecule has 2 aromatic rings. The number of hydrogen-bond acceptors (Lipinski definition) is 4. The standard InChI is InChI=1S/C17H19N3O3/c1-11(12-9-18-10-12)16(21)19-13-4-6-14(7-5-13)20-17(22)15-3-2-8-23-15/h2-8,11-12,18H,9-10H2,1H3,(H,19,21)(H,20,22). The first kappa shape index (κ1) is 15.3. The van der Waals surface area contributed by atoms with Crippen LogP contribution in [0, 0.1) is 11.8 Å². The number of hydrogen-bond donors (Lipinski definition) is 3. The second-order valence-corrected chi connectivity index (χ2v) is 5.71. The van der Waals surface area contributed by atoms with Gasteiger partial charge in [0.2, 0.25) is 5.91 Å². The quantitative estimate of drug-likeness (QED) is 0.791. The van der Waals surface area contributed by atoms with Gasteiger partial charge in [-0.3, -0.25) is 9.59 Å². The number of benzene rings is 1. The Labute approximate surface area is 134 Å². The first-order valence-corrected chi connectivity index (χ1v) is 7.60. The van der Waals surface area contributed by atoms with Gasteiger partial charge < -0.3 is 20.4 Å². The summed E-state index contributed by atoms with van der Waals surface area (Å²) in [5.74, 6) is 0.350. The SMILES string of the molecule is CC(C(=O)Nc1ccc(NC(=O)c2ccco2)cc1)C1CNC1. The van der Waals surface area contributed by atoms with Crippen molar-refractivity contribution in [3.05, 3.63) is 48.4 Å². The Balaban J connectivity index is 1.56. The number of anilines is 2. The smallest absolute Gasteiger partial charge is 0.291 e. The molecule has 1 aromatic heterocycles. The molecule has 0 saturated carbocycles. The highest BCUT2D eigenvalue weighted by molar-refractivity contribution is 6.02. The summed E-state index contributed by atoms with van der Waals surface area (Å²) < 4.78 is 5.03. The zero-order valence-electron chi connectivity index (χ0n) is 12.8. The molecule has 1 atom stereocenters. The summed E-state index contributed by atoms with van der Waals surface area (Å²) >= 11 is 0. The number of furan rings is 1. The molecule has 1 aromatic carbocycles. The molecular weight excluding hydrogens is 294 g/mol. The summed E-state index contributed by atoms with van der Waals surface area (Å²) in [5, 5.41) is 8.80. The molecule has 1 saturated heterocycles. The largest absolute Gasteiger partial charge is 0.459 e. The lowest BCUT2D eigenvalue weighted by molar-refractivity contribution is -0.121. The molecule has 23 heavy (non-hydrogen) atoms. The van der Waals surface area contributed by atoms with Gasteiger partial charge in [0.05, 0.1) is 6.26 Å². The molecule has 6 heteroatoms. The minimum absolute atomic E-state index is 0.0175. The highest BCUT2D eigenvalue weighted by Crippen LogP contribution is 2.20. The topological polar surface area (TPSA) is 83.4 Å². The van der Waals surface area contributed by atoms with Crippen LogP contribution < -0.4 is 16.0 Å². The van der Waals surface area contributed by atoms with Gasteiger partial charge in [0.25, 0.3) is 5.91 Å². The highest BCUT2D eigenvalue weighted by Gasteiger charge is 2.28. The van der Waals surface area contributed by atoms with E-state index in [9.17, 15) is 9.59 Å². The predicted molar refractivity (Wildman–Crippen MR) is 87.3 cm³/mol. The van der Waals surface area contributed by atoms with Gasteiger partial charge in [-0.05, 0) is 55.4 Å². The Morgan fingerprint density at radius 1 is 1.13 bits per heavy atom. The van der Waals surface area contributed by atoms with Crippen LogP contribution in [0.15, 0.2) is 47.1 Å². The van der Waals surface area contributed by atoms with Crippen molar-refractivity contribution in [1.82, 2.24) is 5.32 Å². The van der Waals surface area contributed by atoms with Crippen molar-refractivity contribution in [1.29, 1.82) is 0 Å². The molecule has 1 aliphatic rings. The molecule has 2 amide bonds. The van der Waals surface area contributed by atoms with Crippen LogP contribution in [0.1, 0.15) is 17.5 Å². The van der Waals surface area contributed by atoms with E-state index in [0.29, 0.717) is 17.3 Å². The van der Waals surface area contributed by atoms with Crippen LogP contribution in [0.3, 0.4) is 0 Å².